The van der Waals surface area contributed by atoms with Crippen molar-refractivity contribution < 1.29 is 9.53 Å². The molecule has 0 aromatic carbocycles. The minimum Gasteiger partial charge on any atom is -0.378 e. The number of carbonyl (C=O) groups is 1. The van der Waals surface area contributed by atoms with Crippen molar-refractivity contribution in [1.29, 1.82) is 0 Å². The fraction of sp³-hybridized carbons (Fsp3) is 0.889. The van der Waals surface area contributed by atoms with E-state index in [2.05, 4.69) is 17.5 Å². The van der Waals surface area contributed by atoms with Crippen molar-refractivity contribution in [3.8, 4) is 0 Å². The van der Waals surface area contributed by atoms with Crippen LogP contribution >= 0.6 is 12.8 Å². The van der Waals surface area contributed by atoms with Gasteiger partial charge in [0.2, 0.25) is 5.91 Å². The van der Waals surface area contributed by atoms with Gasteiger partial charge in [0.25, 0.3) is 0 Å². The summed E-state index contributed by atoms with van der Waals surface area (Å²) in [5.41, 5.74) is 0. The van der Waals surface area contributed by atoms with E-state index in [1.165, 1.54) is 0 Å². The molecule has 0 aromatic heterocycles. The van der Waals surface area contributed by atoms with E-state index in [9.17, 15) is 4.79 Å². The first-order valence-electron chi connectivity index (χ1n) is 5.04. The van der Waals surface area contributed by atoms with Crippen molar-refractivity contribution in [3.05, 3.63) is 0 Å². The van der Waals surface area contributed by atoms with Gasteiger partial charge in [0, 0.05) is 19.7 Å². The Bertz CT molecular complexity index is 182. The molecule has 0 aliphatic carbocycles. The van der Waals surface area contributed by atoms with Crippen LogP contribution in [0.2, 0.25) is 0 Å². The Labute approximate surface area is 90.5 Å². The lowest BCUT2D eigenvalue weighted by molar-refractivity contribution is -0.132. The number of hydrogen-bond acceptors (Lipinski definition) is 4. The molecule has 0 unspecified atom stereocenters. The Kier molecular flexibility index (Phi) is 5.29. The van der Waals surface area contributed by atoms with Crippen LogP contribution in [0.4, 0.5) is 0 Å². The molecular formula is C9H18N2O2S. The predicted octanol–water partition coefficient (Wildman–Crippen LogP) is 0.448. The zero-order valence-corrected chi connectivity index (χ0v) is 9.43. The average molecular weight is 218 g/mol. The SMILES string of the molecule is CCOC1CCN(C(=O)CNS)CC1. The number of piperidine rings is 1. The molecule has 1 aliphatic rings. The zero-order chi connectivity index (χ0) is 10.4. The molecule has 1 heterocycles. The van der Waals surface area contributed by atoms with Crippen molar-refractivity contribution in [2.24, 2.45) is 0 Å². The second-order valence-electron chi connectivity index (χ2n) is 3.37. The highest BCUT2D eigenvalue weighted by Crippen LogP contribution is 2.13. The Morgan fingerprint density at radius 3 is 2.71 bits per heavy atom. The van der Waals surface area contributed by atoms with Gasteiger partial charge in [-0.1, -0.05) is 12.8 Å². The predicted molar refractivity (Wildman–Crippen MR) is 58.2 cm³/mol. The van der Waals surface area contributed by atoms with Crippen LogP contribution in [0.1, 0.15) is 19.8 Å². The number of likely N-dealkylation sites (tertiary alicyclic amines) is 1. The molecule has 5 heteroatoms. The van der Waals surface area contributed by atoms with Gasteiger partial charge in [-0.25, -0.2) is 0 Å². The smallest absolute Gasteiger partial charge is 0.237 e. The van der Waals surface area contributed by atoms with Gasteiger partial charge < -0.3 is 9.64 Å². The molecule has 0 atom stereocenters. The maximum absolute atomic E-state index is 11.4. The summed E-state index contributed by atoms with van der Waals surface area (Å²) in [5, 5.41) is 0. The lowest BCUT2D eigenvalue weighted by Crippen LogP contribution is -2.43. The summed E-state index contributed by atoms with van der Waals surface area (Å²) < 4.78 is 8.08. The highest BCUT2D eigenvalue weighted by atomic mass is 32.1. The molecule has 0 bridgehead atoms. The largest absolute Gasteiger partial charge is 0.378 e. The number of rotatable bonds is 4. The lowest BCUT2D eigenvalue weighted by atomic mass is 10.1. The maximum atomic E-state index is 11.4. The zero-order valence-electron chi connectivity index (χ0n) is 8.53. The fourth-order valence-electron chi connectivity index (χ4n) is 1.69. The molecule has 1 fully saturated rings. The van der Waals surface area contributed by atoms with Crippen LogP contribution in [0, 0.1) is 0 Å². The van der Waals surface area contributed by atoms with Crippen molar-refractivity contribution in [3.63, 3.8) is 0 Å². The summed E-state index contributed by atoms with van der Waals surface area (Å²) >= 11 is 3.81. The van der Waals surface area contributed by atoms with E-state index < -0.39 is 0 Å². The van der Waals surface area contributed by atoms with Crippen molar-refractivity contribution in [2.75, 3.05) is 26.2 Å². The third-order valence-corrected chi connectivity index (χ3v) is 2.59. The normalized spacial score (nSPS) is 18.6. The van der Waals surface area contributed by atoms with Crippen molar-refractivity contribution in [2.45, 2.75) is 25.9 Å². The molecule has 14 heavy (non-hydrogen) atoms. The number of carbonyl (C=O) groups excluding carboxylic acids is 1. The highest BCUT2D eigenvalue weighted by Gasteiger charge is 2.22. The number of nitrogens with one attached hydrogen (secondary N) is 1. The van der Waals surface area contributed by atoms with Gasteiger partial charge in [-0.2, -0.15) is 0 Å². The first-order valence-corrected chi connectivity index (χ1v) is 5.49. The van der Waals surface area contributed by atoms with Gasteiger partial charge in [0.1, 0.15) is 0 Å². The van der Waals surface area contributed by atoms with E-state index >= 15 is 0 Å². The summed E-state index contributed by atoms with van der Waals surface area (Å²) in [6, 6.07) is 0. The summed E-state index contributed by atoms with van der Waals surface area (Å²) in [5.74, 6) is 0.120. The minimum atomic E-state index is 0.120. The van der Waals surface area contributed by atoms with Crippen LogP contribution in [0.5, 0.6) is 0 Å². The minimum absolute atomic E-state index is 0.120. The van der Waals surface area contributed by atoms with Crippen LogP contribution < -0.4 is 4.72 Å². The quantitative estimate of drug-likeness (QED) is 0.673. The van der Waals surface area contributed by atoms with Gasteiger partial charge in [0.15, 0.2) is 0 Å². The second-order valence-corrected chi connectivity index (χ2v) is 3.69. The lowest BCUT2D eigenvalue weighted by Gasteiger charge is -2.31. The highest BCUT2D eigenvalue weighted by molar-refractivity contribution is 7.78. The van der Waals surface area contributed by atoms with Crippen LogP contribution in [0.25, 0.3) is 0 Å². The number of amides is 1. The molecule has 0 saturated carbocycles. The third kappa shape index (κ3) is 3.48. The molecule has 1 saturated heterocycles. The maximum Gasteiger partial charge on any atom is 0.237 e. The first-order chi connectivity index (χ1) is 6.77. The van der Waals surface area contributed by atoms with E-state index in [0.29, 0.717) is 12.6 Å². The van der Waals surface area contributed by atoms with Gasteiger partial charge in [-0.05, 0) is 19.8 Å². The molecule has 0 aromatic rings. The van der Waals surface area contributed by atoms with Gasteiger partial charge in [0.05, 0.1) is 12.6 Å². The first kappa shape index (κ1) is 11.8. The molecule has 0 spiro atoms. The molecular weight excluding hydrogens is 200 g/mol. The summed E-state index contributed by atoms with van der Waals surface area (Å²) in [4.78, 5) is 13.3. The van der Waals surface area contributed by atoms with E-state index in [4.69, 9.17) is 4.74 Å². The number of thiol groups is 1. The molecule has 82 valence electrons. The molecule has 1 rings (SSSR count). The van der Waals surface area contributed by atoms with Crippen LogP contribution in [0.3, 0.4) is 0 Å². The summed E-state index contributed by atoms with van der Waals surface area (Å²) in [6.45, 7) is 4.68. The second kappa shape index (κ2) is 6.27. The Balaban J connectivity index is 2.24. The van der Waals surface area contributed by atoms with E-state index in [-0.39, 0.29) is 5.91 Å². The third-order valence-electron chi connectivity index (χ3n) is 2.43. The molecule has 1 amide bonds. The Morgan fingerprint density at radius 2 is 2.21 bits per heavy atom. The summed E-state index contributed by atoms with van der Waals surface area (Å²) in [6.07, 6.45) is 2.24. The number of nitrogens with zero attached hydrogens (tertiary/aromatic N) is 1. The van der Waals surface area contributed by atoms with E-state index in [1.54, 1.807) is 0 Å². The number of ether oxygens (including phenoxy) is 1. The van der Waals surface area contributed by atoms with Gasteiger partial charge >= 0.3 is 0 Å². The summed E-state index contributed by atoms with van der Waals surface area (Å²) in [7, 11) is 0. The Morgan fingerprint density at radius 1 is 1.57 bits per heavy atom. The Hall–Kier alpha value is -0.260. The van der Waals surface area contributed by atoms with Gasteiger partial charge in [-0.3, -0.25) is 9.52 Å². The molecule has 0 radical (unpaired) electrons. The van der Waals surface area contributed by atoms with Crippen molar-refractivity contribution in [1.82, 2.24) is 9.62 Å². The topological polar surface area (TPSA) is 41.6 Å². The average Bonchev–Trinajstić information content (AvgIpc) is 2.20. The number of hydrogen-bond donors (Lipinski definition) is 2. The van der Waals surface area contributed by atoms with Crippen LogP contribution in [-0.4, -0.2) is 43.2 Å². The van der Waals surface area contributed by atoms with Gasteiger partial charge in [-0.15, -0.1) is 0 Å². The molecule has 4 nitrogen and oxygen atoms in total. The van der Waals surface area contributed by atoms with Crippen LogP contribution in [0.15, 0.2) is 0 Å². The monoisotopic (exact) mass is 218 g/mol. The molecule has 1 aliphatic heterocycles. The standard InChI is InChI=1S/C9H18N2O2S/c1-2-13-8-3-5-11(6-4-8)9(12)7-10-14/h8,10,14H,2-7H2,1H3. The van der Waals surface area contributed by atoms with Crippen molar-refractivity contribution >= 4 is 18.7 Å². The van der Waals surface area contributed by atoms with Crippen LogP contribution in [-0.2, 0) is 9.53 Å². The van der Waals surface area contributed by atoms with E-state index in [1.807, 2.05) is 11.8 Å². The van der Waals surface area contributed by atoms with E-state index in [0.717, 1.165) is 32.5 Å². The molecule has 1 N–H and O–H groups in total. The fourth-order valence-corrected chi connectivity index (χ4v) is 1.82.